The molecule has 0 saturated carbocycles. The molecule has 2 heterocycles. The van der Waals surface area contributed by atoms with Crippen LogP contribution in [0.3, 0.4) is 0 Å². The zero-order valence-corrected chi connectivity index (χ0v) is 9.20. The van der Waals surface area contributed by atoms with Crippen molar-refractivity contribution >= 4 is 11.6 Å². The van der Waals surface area contributed by atoms with Crippen molar-refractivity contribution in [3.63, 3.8) is 0 Å². The molecule has 1 aliphatic rings. The molecule has 1 N–H and O–H groups in total. The second kappa shape index (κ2) is 5.28. The van der Waals surface area contributed by atoms with Gasteiger partial charge < -0.3 is 10.1 Å². The first kappa shape index (κ1) is 10.6. The lowest BCUT2D eigenvalue weighted by molar-refractivity contribution is 0.231. The van der Waals surface area contributed by atoms with Gasteiger partial charge in [-0.2, -0.15) is 0 Å². The van der Waals surface area contributed by atoms with Gasteiger partial charge in [-0.05, 0) is 19.4 Å². The molecule has 0 amide bonds. The fourth-order valence-electron chi connectivity index (χ4n) is 1.65. The molecule has 0 spiro atoms. The van der Waals surface area contributed by atoms with E-state index in [0.717, 1.165) is 13.0 Å². The van der Waals surface area contributed by atoms with Crippen molar-refractivity contribution in [3.05, 3.63) is 17.5 Å². The van der Waals surface area contributed by atoms with Gasteiger partial charge in [-0.25, -0.2) is 9.97 Å². The summed E-state index contributed by atoms with van der Waals surface area (Å²) in [6.45, 7) is 1.68. The average Bonchev–Trinajstić information content (AvgIpc) is 2.29. The molecule has 1 fully saturated rings. The smallest absolute Gasteiger partial charge is 0.252 e. The predicted octanol–water partition coefficient (Wildman–Crippen LogP) is 1.65. The van der Waals surface area contributed by atoms with Crippen LogP contribution in [0.5, 0.6) is 5.88 Å². The van der Waals surface area contributed by atoms with E-state index in [4.69, 9.17) is 16.3 Å². The Kier molecular flexibility index (Phi) is 3.75. The fourth-order valence-corrected chi connectivity index (χ4v) is 1.81. The molecule has 15 heavy (non-hydrogen) atoms. The standard InChI is InChI=1S/C10H14ClN3O/c11-9-10(14-6-5-13-9)15-7-8-3-1-2-4-12-8/h5-6,8,12H,1-4,7H2. The van der Waals surface area contributed by atoms with Crippen molar-refractivity contribution < 1.29 is 4.74 Å². The van der Waals surface area contributed by atoms with Crippen molar-refractivity contribution in [3.8, 4) is 5.88 Å². The Balaban J connectivity index is 1.84. The van der Waals surface area contributed by atoms with E-state index in [9.17, 15) is 0 Å². The maximum Gasteiger partial charge on any atom is 0.252 e. The van der Waals surface area contributed by atoms with E-state index >= 15 is 0 Å². The van der Waals surface area contributed by atoms with Gasteiger partial charge in [0.15, 0.2) is 5.15 Å². The van der Waals surface area contributed by atoms with E-state index in [-0.39, 0.29) is 0 Å². The van der Waals surface area contributed by atoms with Crippen molar-refractivity contribution in [2.45, 2.75) is 25.3 Å². The first-order chi connectivity index (χ1) is 7.36. The molecule has 2 rings (SSSR count). The lowest BCUT2D eigenvalue weighted by atomic mass is 10.1. The third-order valence-electron chi connectivity index (χ3n) is 2.46. The zero-order valence-electron chi connectivity index (χ0n) is 8.45. The van der Waals surface area contributed by atoms with Gasteiger partial charge in [0.25, 0.3) is 5.88 Å². The van der Waals surface area contributed by atoms with Gasteiger partial charge in [-0.1, -0.05) is 18.0 Å². The molecule has 1 saturated heterocycles. The number of halogens is 1. The SMILES string of the molecule is Clc1nccnc1OCC1CCCCN1. The molecule has 5 heteroatoms. The van der Waals surface area contributed by atoms with Crippen molar-refractivity contribution in [2.24, 2.45) is 0 Å². The van der Waals surface area contributed by atoms with Crippen LogP contribution < -0.4 is 10.1 Å². The highest BCUT2D eigenvalue weighted by Gasteiger charge is 2.14. The maximum absolute atomic E-state index is 5.82. The second-order valence-electron chi connectivity index (χ2n) is 3.61. The highest BCUT2D eigenvalue weighted by molar-refractivity contribution is 6.30. The summed E-state index contributed by atoms with van der Waals surface area (Å²) >= 11 is 5.82. The van der Waals surface area contributed by atoms with E-state index in [1.165, 1.54) is 12.8 Å². The highest BCUT2D eigenvalue weighted by atomic mass is 35.5. The van der Waals surface area contributed by atoms with Gasteiger partial charge >= 0.3 is 0 Å². The number of hydrogen-bond acceptors (Lipinski definition) is 4. The molecule has 0 radical (unpaired) electrons. The Labute approximate surface area is 94.0 Å². The largest absolute Gasteiger partial charge is 0.474 e. The molecule has 1 aromatic rings. The number of rotatable bonds is 3. The summed E-state index contributed by atoms with van der Waals surface area (Å²) in [4.78, 5) is 7.92. The number of ether oxygens (including phenoxy) is 1. The topological polar surface area (TPSA) is 47.0 Å². The maximum atomic E-state index is 5.82. The van der Waals surface area contributed by atoms with E-state index in [2.05, 4.69) is 15.3 Å². The second-order valence-corrected chi connectivity index (χ2v) is 3.97. The number of nitrogens with one attached hydrogen (secondary N) is 1. The predicted molar refractivity (Wildman–Crippen MR) is 58.2 cm³/mol. The van der Waals surface area contributed by atoms with Crippen LogP contribution in [0.4, 0.5) is 0 Å². The Bertz CT molecular complexity index is 315. The van der Waals surface area contributed by atoms with Crippen LogP contribution >= 0.6 is 11.6 Å². The number of hydrogen-bond donors (Lipinski definition) is 1. The van der Waals surface area contributed by atoms with Gasteiger partial charge in [-0.3, -0.25) is 0 Å². The molecule has 0 aromatic carbocycles. The molecule has 1 aromatic heterocycles. The summed E-state index contributed by atoms with van der Waals surface area (Å²) in [5, 5.41) is 3.72. The highest BCUT2D eigenvalue weighted by Crippen LogP contribution is 2.17. The lowest BCUT2D eigenvalue weighted by Gasteiger charge is -2.23. The van der Waals surface area contributed by atoms with Gasteiger partial charge in [0.05, 0.1) is 0 Å². The molecule has 1 aliphatic heterocycles. The number of piperidine rings is 1. The van der Waals surface area contributed by atoms with Gasteiger partial charge in [-0.15, -0.1) is 0 Å². The van der Waals surface area contributed by atoms with Crippen LogP contribution in [0.25, 0.3) is 0 Å². The molecule has 0 aliphatic carbocycles. The first-order valence-electron chi connectivity index (χ1n) is 5.19. The molecule has 82 valence electrons. The Morgan fingerprint density at radius 1 is 1.40 bits per heavy atom. The molecule has 1 atom stereocenters. The van der Waals surface area contributed by atoms with Crippen LogP contribution in [-0.2, 0) is 0 Å². The van der Waals surface area contributed by atoms with E-state index in [1.54, 1.807) is 12.4 Å². The summed E-state index contributed by atoms with van der Waals surface area (Å²) < 4.78 is 5.51. The summed E-state index contributed by atoms with van der Waals surface area (Å²) in [6.07, 6.45) is 6.79. The first-order valence-corrected chi connectivity index (χ1v) is 5.57. The van der Waals surface area contributed by atoms with Crippen molar-refractivity contribution in [1.82, 2.24) is 15.3 Å². The van der Waals surface area contributed by atoms with Crippen molar-refractivity contribution in [1.29, 1.82) is 0 Å². The van der Waals surface area contributed by atoms with Gasteiger partial charge in [0.1, 0.15) is 6.61 Å². The molecule has 4 nitrogen and oxygen atoms in total. The molecule has 1 unspecified atom stereocenters. The zero-order chi connectivity index (χ0) is 10.5. The van der Waals surface area contributed by atoms with Crippen LogP contribution in [0, 0.1) is 0 Å². The number of nitrogens with zero attached hydrogens (tertiary/aromatic N) is 2. The number of aromatic nitrogens is 2. The monoisotopic (exact) mass is 227 g/mol. The normalized spacial score (nSPS) is 21.3. The molecule has 0 bridgehead atoms. The third kappa shape index (κ3) is 3.04. The Hall–Kier alpha value is -0.870. The van der Waals surface area contributed by atoms with Crippen LogP contribution in [0.2, 0.25) is 5.15 Å². The third-order valence-corrected chi connectivity index (χ3v) is 2.72. The fraction of sp³-hybridized carbons (Fsp3) is 0.600. The Morgan fingerprint density at radius 2 is 2.27 bits per heavy atom. The van der Waals surface area contributed by atoms with Crippen LogP contribution in [-0.4, -0.2) is 29.2 Å². The quantitative estimate of drug-likeness (QED) is 0.853. The summed E-state index contributed by atoms with van der Waals surface area (Å²) in [5.41, 5.74) is 0. The van der Waals surface area contributed by atoms with Crippen LogP contribution in [0.1, 0.15) is 19.3 Å². The minimum Gasteiger partial charge on any atom is -0.474 e. The lowest BCUT2D eigenvalue weighted by Crippen LogP contribution is -2.38. The van der Waals surface area contributed by atoms with Gasteiger partial charge in [0, 0.05) is 18.4 Å². The minimum absolute atomic E-state index is 0.327. The summed E-state index contributed by atoms with van der Waals surface area (Å²) in [5.74, 6) is 0.423. The van der Waals surface area contributed by atoms with E-state index < -0.39 is 0 Å². The Morgan fingerprint density at radius 3 is 3.00 bits per heavy atom. The summed E-state index contributed by atoms with van der Waals surface area (Å²) in [6, 6.07) is 0.414. The van der Waals surface area contributed by atoms with Crippen molar-refractivity contribution in [2.75, 3.05) is 13.2 Å². The van der Waals surface area contributed by atoms with Crippen LogP contribution in [0.15, 0.2) is 12.4 Å². The minimum atomic E-state index is 0.327. The average molecular weight is 228 g/mol. The van der Waals surface area contributed by atoms with E-state index in [1.807, 2.05) is 0 Å². The summed E-state index contributed by atoms with van der Waals surface area (Å²) in [7, 11) is 0. The van der Waals surface area contributed by atoms with E-state index in [0.29, 0.717) is 23.7 Å². The molecular formula is C10H14ClN3O. The molecular weight excluding hydrogens is 214 g/mol. The van der Waals surface area contributed by atoms with Gasteiger partial charge in [0.2, 0.25) is 0 Å².